The molecule has 0 saturated carbocycles. The first-order valence-corrected chi connectivity index (χ1v) is 12.4. The Balaban J connectivity index is 2.30. The van der Waals surface area contributed by atoms with E-state index in [0.717, 1.165) is 36.4 Å². The van der Waals surface area contributed by atoms with Gasteiger partial charge in [0.05, 0.1) is 16.0 Å². The van der Waals surface area contributed by atoms with Gasteiger partial charge in [0.1, 0.15) is 21.2 Å². The molecule has 3 aromatic carbocycles. The number of azo groups is 1. The van der Waals surface area contributed by atoms with Gasteiger partial charge in [0.25, 0.3) is 30.4 Å². The zero-order valence-electron chi connectivity index (χ0n) is 15.3. The largest absolute Gasteiger partial charge is 0.507 e. The molecule has 0 heterocycles. The third kappa shape index (κ3) is 4.54. The third-order valence-corrected chi connectivity index (χ3v) is 6.76. The molecule has 3 aromatic rings. The molecule has 13 nitrogen and oxygen atoms in total. The molecular weight excluding hydrogens is 492 g/mol. The number of hydrogen-bond acceptors (Lipinski definition) is 10. The first kappa shape index (κ1) is 23.5. The molecule has 170 valence electrons. The minimum Gasteiger partial charge on any atom is -0.507 e. The molecule has 0 aliphatic carbocycles. The number of aromatic hydroxyl groups is 2. The van der Waals surface area contributed by atoms with Crippen LogP contribution in [0.25, 0.3) is 10.8 Å². The molecule has 0 fully saturated rings. The number of benzene rings is 3. The van der Waals surface area contributed by atoms with E-state index in [2.05, 4.69) is 10.2 Å². The van der Waals surface area contributed by atoms with Crippen molar-refractivity contribution in [2.45, 2.75) is 14.7 Å². The average Bonchev–Trinajstić information content (AvgIpc) is 2.65. The zero-order chi connectivity index (χ0) is 24.1. The van der Waals surface area contributed by atoms with Crippen molar-refractivity contribution in [1.29, 1.82) is 0 Å². The van der Waals surface area contributed by atoms with E-state index in [-0.39, 0.29) is 5.69 Å². The molecule has 0 aliphatic rings. The highest BCUT2D eigenvalue weighted by Crippen LogP contribution is 2.46. The summed E-state index contributed by atoms with van der Waals surface area (Å²) in [7, 11) is -14.6. The van der Waals surface area contributed by atoms with Crippen molar-refractivity contribution in [3.63, 3.8) is 0 Å². The molecule has 0 unspecified atom stereocenters. The average molecular weight is 504 g/mol. The fraction of sp³-hybridized carbons (Fsp3) is 0. The van der Waals surface area contributed by atoms with Gasteiger partial charge in [-0.3, -0.25) is 13.7 Å². The Kier molecular flexibility index (Phi) is 5.71. The number of hydrogen-bond donors (Lipinski definition) is 5. The number of fused-ring (bicyclic) bond motifs is 1. The Morgan fingerprint density at radius 2 is 1.22 bits per heavy atom. The van der Waals surface area contributed by atoms with Gasteiger partial charge in [-0.05, 0) is 42.5 Å². The van der Waals surface area contributed by atoms with Gasteiger partial charge < -0.3 is 10.2 Å². The second-order valence-electron chi connectivity index (χ2n) is 6.20. The topological polar surface area (TPSA) is 228 Å². The lowest BCUT2D eigenvalue weighted by Crippen LogP contribution is -2.03. The molecule has 0 atom stereocenters. The molecular formula is C16H12N2O11S3. The van der Waals surface area contributed by atoms with E-state index in [1.165, 1.54) is 0 Å². The van der Waals surface area contributed by atoms with Crippen LogP contribution in [0.5, 0.6) is 11.5 Å². The molecule has 0 bridgehead atoms. The van der Waals surface area contributed by atoms with Crippen molar-refractivity contribution in [3.05, 3.63) is 42.5 Å². The quantitative estimate of drug-likeness (QED) is 0.250. The normalized spacial score (nSPS) is 13.1. The first-order valence-electron chi connectivity index (χ1n) is 8.06. The summed E-state index contributed by atoms with van der Waals surface area (Å²) >= 11 is 0. The highest BCUT2D eigenvalue weighted by Gasteiger charge is 2.27. The second-order valence-corrected chi connectivity index (χ2v) is 10.4. The van der Waals surface area contributed by atoms with Gasteiger partial charge in [-0.15, -0.1) is 5.11 Å². The van der Waals surface area contributed by atoms with Crippen molar-refractivity contribution in [1.82, 2.24) is 0 Å². The van der Waals surface area contributed by atoms with Crippen LogP contribution >= 0.6 is 0 Å². The van der Waals surface area contributed by atoms with Crippen molar-refractivity contribution in [2.24, 2.45) is 10.2 Å². The summed E-state index contributed by atoms with van der Waals surface area (Å²) in [4.78, 5) is -2.43. The van der Waals surface area contributed by atoms with Gasteiger partial charge in [0, 0.05) is 5.39 Å². The van der Waals surface area contributed by atoms with Crippen LogP contribution in [0, 0.1) is 0 Å². The SMILES string of the molecule is O=S(=O)(O)c1ccc(N=Nc2c(S(=O)(=O)O)cc3c(S(=O)(=O)O)ccc(O)c3c2O)cc1. The monoisotopic (exact) mass is 504 g/mol. The van der Waals surface area contributed by atoms with Crippen molar-refractivity contribution < 1.29 is 49.1 Å². The van der Waals surface area contributed by atoms with Crippen molar-refractivity contribution in [2.75, 3.05) is 0 Å². The van der Waals surface area contributed by atoms with Gasteiger partial charge in [-0.1, -0.05) is 0 Å². The van der Waals surface area contributed by atoms with Gasteiger partial charge in [0.2, 0.25) is 0 Å². The Morgan fingerprint density at radius 3 is 1.72 bits per heavy atom. The van der Waals surface area contributed by atoms with Crippen molar-refractivity contribution >= 4 is 52.5 Å². The predicted octanol–water partition coefficient (Wildman–Crippen LogP) is 2.41. The van der Waals surface area contributed by atoms with Gasteiger partial charge in [0.15, 0.2) is 5.75 Å². The van der Waals surface area contributed by atoms with E-state index in [1.807, 2.05) is 0 Å². The molecule has 3 rings (SSSR count). The van der Waals surface area contributed by atoms with Gasteiger partial charge >= 0.3 is 0 Å². The number of phenolic OH excluding ortho intramolecular Hbond substituents is 2. The maximum atomic E-state index is 11.8. The summed E-state index contributed by atoms with van der Waals surface area (Å²) in [6.07, 6.45) is 0. The molecule has 0 amide bonds. The van der Waals surface area contributed by atoms with Crippen LogP contribution in [-0.4, -0.2) is 49.1 Å². The van der Waals surface area contributed by atoms with E-state index in [1.54, 1.807) is 0 Å². The molecule has 0 aromatic heterocycles. The van der Waals surface area contributed by atoms with Crippen LogP contribution in [0.1, 0.15) is 0 Å². The van der Waals surface area contributed by atoms with E-state index >= 15 is 0 Å². The highest BCUT2D eigenvalue weighted by molar-refractivity contribution is 7.86. The zero-order valence-corrected chi connectivity index (χ0v) is 17.8. The number of phenols is 2. The minimum absolute atomic E-state index is 0.0749. The predicted molar refractivity (Wildman–Crippen MR) is 107 cm³/mol. The molecule has 32 heavy (non-hydrogen) atoms. The van der Waals surface area contributed by atoms with Gasteiger partial charge in [-0.2, -0.15) is 30.4 Å². The van der Waals surface area contributed by atoms with E-state index in [4.69, 9.17) is 4.55 Å². The maximum absolute atomic E-state index is 11.8. The standard InChI is InChI=1S/C16H12N2O11S3/c19-11-5-6-12(31(24,25)26)10-7-13(32(27,28)29)15(16(20)14(10)11)18-17-8-1-3-9(4-2-8)30(21,22)23/h1-7,19-20H,(H,21,22,23)(H,24,25,26)(H,27,28,29). The lowest BCUT2D eigenvalue weighted by Gasteiger charge is -2.12. The third-order valence-electron chi connectivity index (χ3n) is 4.11. The Morgan fingerprint density at radius 1 is 0.656 bits per heavy atom. The molecule has 0 radical (unpaired) electrons. The smallest absolute Gasteiger partial charge is 0.296 e. The fourth-order valence-electron chi connectivity index (χ4n) is 2.73. The van der Waals surface area contributed by atoms with E-state index in [9.17, 15) is 44.6 Å². The molecule has 5 N–H and O–H groups in total. The molecule has 0 spiro atoms. The van der Waals surface area contributed by atoms with Crippen LogP contribution in [-0.2, 0) is 30.4 Å². The summed E-state index contributed by atoms with van der Waals surface area (Å²) in [5, 5.41) is 26.5. The van der Waals surface area contributed by atoms with Crippen LogP contribution in [0.2, 0.25) is 0 Å². The van der Waals surface area contributed by atoms with Crippen LogP contribution in [0.4, 0.5) is 11.4 Å². The van der Waals surface area contributed by atoms with Crippen LogP contribution in [0.15, 0.2) is 67.4 Å². The summed E-state index contributed by atoms with van der Waals surface area (Å²) in [5.41, 5.74) is -0.962. The minimum atomic E-state index is -5.14. The summed E-state index contributed by atoms with van der Waals surface area (Å²) in [5.74, 6) is -1.79. The summed E-state index contributed by atoms with van der Waals surface area (Å²) in [6.45, 7) is 0. The lowest BCUT2D eigenvalue weighted by atomic mass is 10.1. The summed E-state index contributed by atoms with van der Waals surface area (Å²) < 4.78 is 96.9. The molecule has 0 aliphatic heterocycles. The summed E-state index contributed by atoms with van der Waals surface area (Å²) in [6, 6.07) is 6.18. The Bertz CT molecular complexity index is 1590. The fourth-order valence-corrected chi connectivity index (χ4v) is 4.53. The van der Waals surface area contributed by atoms with Crippen LogP contribution < -0.4 is 0 Å². The lowest BCUT2D eigenvalue weighted by molar-refractivity contribution is 0.459. The maximum Gasteiger partial charge on any atom is 0.296 e. The number of nitrogens with zero attached hydrogens (tertiary/aromatic N) is 2. The Labute approximate surface area is 180 Å². The molecule has 0 saturated heterocycles. The van der Waals surface area contributed by atoms with Gasteiger partial charge in [-0.25, -0.2) is 0 Å². The van der Waals surface area contributed by atoms with E-state index < -0.39 is 73.0 Å². The Hall–Kier alpha value is -3.15. The van der Waals surface area contributed by atoms with Crippen LogP contribution in [0.3, 0.4) is 0 Å². The van der Waals surface area contributed by atoms with Crippen molar-refractivity contribution in [3.8, 4) is 11.5 Å². The highest BCUT2D eigenvalue weighted by atomic mass is 32.2. The second kappa shape index (κ2) is 7.76. The number of rotatable bonds is 5. The first-order chi connectivity index (χ1) is 14.6. The molecule has 16 heteroatoms. The van der Waals surface area contributed by atoms with E-state index in [0.29, 0.717) is 6.07 Å².